The molecule has 1 N–H and O–H groups in total. The Labute approximate surface area is 98.3 Å². The molecule has 0 fully saturated rings. The highest BCUT2D eigenvalue weighted by Crippen LogP contribution is 2.34. The minimum atomic E-state index is -5.49. The first-order chi connectivity index (χ1) is 8.42. The Morgan fingerprint density at radius 3 is 2.00 bits per heavy atom. The molecule has 1 rings (SSSR count). The van der Waals surface area contributed by atoms with Crippen molar-refractivity contribution in [1.82, 2.24) is 4.98 Å². The Hall–Kier alpha value is -1.81. The van der Waals surface area contributed by atoms with Gasteiger partial charge >= 0.3 is 12.5 Å². The highest BCUT2D eigenvalue weighted by atomic mass is 19.4. The number of nitrogens with one attached hydrogen (secondary N) is 1. The van der Waals surface area contributed by atoms with E-state index in [4.69, 9.17) is 0 Å². The van der Waals surface area contributed by atoms with Gasteiger partial charge in [0.1, 0.15) is 5.69 Å². The number of rotatable bonds is 2. The van der Waals surface area contributed by atoms with Crippen molar-refractivity contribution >= 4 is 0 Å². The number of pyridine rings is 1. The molecule has 0 aliphatic carbocycles. The Bertz CT molecular complexity index is 515. The van der Waals surface area contributed by atoms with E-state index in [-0.39, 0.29) is 6.07 Å². The van der Waals surface area contributed by atoms with Crippen molar-refractivity contribution in [3.63, 3.8) is 0 Å². The SMILES string of the molecule is O=c1[nH]c(C(F)(F)F)cc(C(F)F)c1OC(F)(F)F. The summed E-state index contributed by atoms with van der Waals surface area (Å²) in [7, 11) is 0. The van der Waals surface area contributed by atoms with Crippen LogP contribution in [0.15, 0.2) is 10.9 Å². The second kappa shape index (κ2) is 4.70. The summed E-state index contributed by atoms with van der Waals surface area (Å²) < 4.78 is 99.9. The zero-order chi connectivity index (χ0) is 15.0. The number of hydrogen-bond donors (Lipinski definition) is 1. The van der Waals surface area contributed by atoms with Gasteiger partial charge in [-0.2, -0.15) is 13.2 Å². The maximum atomic E-state index is 12.4. The Kier molecular flexibility index (Phi) is 3.77. The third kappa shape index (κ3) is 3.83. The van der Waals surface area contributed by atoms with Crippen LogP contribution in [-0.4, -0.2) is 11.3 Å². The molecule has 0 aromatic carbocycles. The van der Waals surface area contributed by atoms with Crippen LogP contribution in [-0.2, 0) is 6.18 Å². The van der Waals surface area contributed by atoms with E-state index in [1.165, 1.54) is 0 Å². The highest BCUT2D eigenvalue weighted by Gasteiger charge is 2.38. The first-order valence-corrected chi connectivity index (χ1v) is 4.30. The standard InChI is InChI=1S/C8H3F8NO2/c9-5(10)2-1-3(7(11,12)13)17-6(18)4(2)19-8(14,15)16/h1,5H,(H,17,18). The van der Waals surface area contributed by atoms with Crippen LogP contribution in [0.25, 0.3) is 0 Å². The predicted molar refractivity (Wildman–Crippen MR) is 43.7 cm³/mol. The maximum absolute atomic E-state index is 12.4. The third-order valence-corrected chi connectivity index (χ3v) is 1.77. The van der Waals surface area contributed by atoms with Crippen molar-refractivity contribution in [3.05, 3.63) is 27.7 Å². The molecule has 0 aliphatic rings. The number of ether oxygens (including phenoxy) is 1. The van der Waals surface area contributed by atoms with Gasteiger partial charge in [0.2, 0.25) is 5.75 Å². The van der Waals surface area contributed by atoms with Crippen molar-refractivity contribution in [2.45, 2.75) is 19.0 Å². The van der Waals surface area contributed by atoms with E-state index >= 15 is 0 Å². The number of hydrogen-bond acceptors (Lipinski definition) is 2. The summed E-state index contributed by atoms with van der Waals surface area (Å²) in [5.74, 6) is -1.92. The fourth-order valence-electron chi connectivity index (χ4n) is 1.10. The molecule has 0 unspecified atom stereocenters. The summed E-state index contributed by atoms with van der Waals surface area (Å²) in [6, 6.07) is -0.312. The largest absolute Gasteiger partial charge is 0.573 e. The van der Waals surface area contributed by atoms with Crippen LogP contribution in [0.1, 0.15) is 17.7 Å². The first kappa shape index (κ1) is 15.2. The average Bonchev–Trinajstić information content (AvgIpc) is 2.16. The van der Waals surface area contributed by atoms with Gasteiger partial charge in [0.25, 0.3) is 12.0 Å². The number of alkyl halides is 8. The van der Waals surface area contributed by atoms with E-state index < -0.39 is 41.5 Å². The first-order valence-electron chi connectivity index (χ1n) is 4.30. The van der Waals surface area contributed by atoms with Gasteiger partial charge in [-0.05, 0) is 6.07 Å². The van der Waals surface area contributed by atoms with Crippen molar-refractivity contribution < 1.29 is 39.9 Å². The lowest BCUT2D eigenvalue weighted by atomic mass is 10.2. The van der Waals surface area contributed by atoms with Crippen molar-refractivity contribution in [3.8, 4) is 5.75 Å². The molecule has 0 radical (unpaired) electrons. The molecule has 0 bridgehead atoms. The van der Waals surface area contributed by atoms with Gasteiger partial charge in [0.15, 0.2) is 0 Å². The van der Waals surface area contributed by atoms with Crippen LogP contribution in [0.5, 0.6) is 5.75 Å². The second-order valence-electron chi connectivity index (χ2n) is 3.14. The third-order valence-electron chi connectivity index (χ3n) is 1.77. The normalized spacial score (nSPS) is 12.9. The number of halogens is 8. The van der Waals surface area contributed by atoms with E-state index in [1.807, 2.05) is 0 Å². The van der Waals surface area contributed by atoms with E-state index in [0.717, 1.165) is 4.98 Å². The second-order valence-corrected chi connectivity index (χ2v) is 3.14. The molecule has 19 heavy (non-hydrogen) atoms. The minimum Gasteiger partial charge on any atom is -0.399 e. The summed E-state index contributed by atoms with van der Waals surface area (Å²) in [4.78, 5) is 12.0. The van der Waals surface area contributed by atoms with Gasteiger partial charge in [0.05, 0.1) is 5.56 Å². The molecule has 0 saturated carbocycles. The van der Waals surface area contributed by atoms with Crippen LogP contribution in [0.2, 0.25) is 0 Å². The monoisotopic (exact) mass is 297 g/mol. The van der Waals surface area contributed by atoms with Gasteiger partial charge in [-0.3, -0.25) is 4.79 Å². The summed E-state index contributed by atoms with van der Waals surface area (Å²) >= 11 is 0. The Balaban J connectivity index is 3.45. The van der Waals surface area contributed by atoms with E-state index in [9.17, 15) is 39.9 Å². The topological polar surface area (TPSA) is 42.1 Å². The van der Waals surface area contributed by atoms with Gasteiger partial charge in [0, 0.05) is 0 Å². The lowest BCUT2D eigenvalue weighted by Crippen LogP contribution is -2.26. The molecule has 0 atom stereocenters. The molecule has 108 valence electrons. The van der Waals surface area contributed by atoms with Crippen LogP contribution < -0.4 is 10.3 Å². The zero-order valence-electron chi connectivity index (χ0n) is 8.49. The number of H-pyrrole nitrogens is 1. The van der Waals surface area contributed by atoms with Gasteiger partial charge in [-0.1, -0.05) is 0 Å². The molecule has 1 aromatic rings. The van der Waals surface area contributed by atoms with E-state index in [1.54, 1.807) is 0 Å². The molecule has 0 aliphatic heterocycles. The quantitative estimate of drug-likeness (QED) is 0.852. The van der Waals surface area contributed by atoms with E-state index in [2.05, 4.69) is 4.74 Å². The Morgan fingerprint density at radius 2 is 1.63 bits per heavy atom. The van der Waals surface area contributed by atoms with Crippen molar-refractivity contribution in [1.29, 1.82) is 0 Å². The highest BCUT2D eigenvalue weighted by molar-refractivity contribution is 5.34. The fraction of sp³-hybridized carbons (Fsp3) is 0.375. The Morgan fingerprint density at radius 1 is 1.11 bits per heavy atom. The molecule has 11 heteroatoms. The minimum absolute atomic E-state index is 0.312. The average molecular weight is 297 g/mol. The summed E-state index contributed by atoms with van der Waals surface area (Å²) in [5, 5.41) is 0. The number of aromatic nitrogens is 1. The zero-order valence-corrected chi connectivity index (χ0v) is 8.49. The van der Waals surface area contributed by atoms with Gasteiger partial charge in [-0.15, -0.1) is 13.2 Å². The molecule has 3 nitrogen and oxygen atoms in total. The van der Waals surface area contributed by atoms with Crippen LogP contribution in [0, 0.1) is 0 Å². The molecular formula is C8H3F8NO2. The van der Waals surface area contributed by atoms with Crippen LogP contribution in [0.4, 0.5) is 35.1 Å². The summed E-state index contributed by atoms with van der Waals surface area (Å²) in [5.41, 5.74) is -5.75. The van der Waals surface area contributed by atoms with Gasteiger partial charge in [-0.25, -0.2) is 8.78 Å². The predicted octanol–water partition coefficient (Wildman–Crippen LogP) is 3.23. The molecule has 1 heterocycles. The van der Waals surface area contributed by atoms with Crippen LogP contribution in [0.3, 0.4) is 0 Å². The van der Waals surface area contributed by atoms with Crippen molar-refractivity contribution in [2.75, 3.05) is 0 Å². The maximum Gasteiger partial charge on any atom is 0.573 e. The lowest BCUT2D eigenvalue weighted by Gasteiger charge is -2.14. The van der Waals surface area contributed by atoms with E-state index in [0.29, 0.717) is 0 Å². The molecule has 1 aromatic heterocycles. The van der Waals surface area contributed by atoms with Crippen molar-refractivity contribution in [2.24, 2.45) is 0 Å². The molecule has 0 spiro atoms. The number of aromatic amines is 1. The molecule has 0 saturated heterocycles. The lowest BCUT2D eigenvalue weighted by molar-refractivity contribution is -0.275. The summed E-state index contributed by atoms with van der Waals surface area (Å²) in [6.07, 6.45) is -14.4. The van der Waals surface area contributed by atoms with Crippen LogP contribution >= 0.6 is 0 Å². The molecule has 0 amide bonds. The smallest absolute Gasteiger partial charge is 0.399 e. The fourth-order valence-corrected chi connectivity index (χ4v) is 1.10. The summed E-state index contributed by atoms with van der Waals surface area (Å²) in [6.45, 7) is 0. The molecular weight excluding hydrogens is 294 g/mol. The van der Waals surface area contributed by atoms with Gasteiger partial charge < -0.3 is 9.72 Å².